The van der Waals surface area contributed by atoms with Gasteiger partial charge in [0.25, 0.3) is 0 Å². The van der Waals surface area contributed by atoms with Gasteiger partial charge in [-0.25, -0.2) is 0 Å². The average molecular weight is 477 g/mol. The molecule has 2 saturated heterocycles. The number of aliphatic imine (C=N–C) groups is 1. The molecule has 0 aromatic carbocycles. The van der Waals surface area contributed by atoms with Crippen LogP contribution in [0.5, 0.6) is 0 Å². The third kappa shape index (κ3) is 6.51. The highest BCUT2D eigenvalue weighted by atomic mass is 127. The lowest BCUT2D eigenvalue weighted by Crippen LogP contribution is -2.44. The Bertz CT molecular complexity index is 418. The molecule has 1 saturated carbocycles. The number of hydrogen-bond acceptors (Lipinski definition) is 3. The van der Waals surface area contributed by atoms with Crippen LogP contribution in [-0.2, 0) is 0 Å². The SMILES string of the molecule is CN=C(NCCN(C)C1CCCC1)N1CCC(CN2CCCCC2)C1.I. The average Bonchev–Trinajstić information content (AvgIpc) is 3.32. The molecule has 2 heterocycles. The summed E-state index contributed by atoms with van der Waals surface area (Å²) in [7, 11) is 4.21. The summed E-state index contributed by atoms with van der Waals surface area (Å²) in [5.74, 6) is 1.93. The molecule has 1 unspecified atom stereocenters. The normalized spacial score (nSPS) is 25.7. The van der Waals surface area contributed by atoms with E-state index in [2.05, 4.69) is 32.1 Å². The Labute approximate surface area is 178 Å². The molecule has 3 aliphatic rings. The van der Waals surface area contributed by atoms with E-state index in [1.165, 1.54) is 77.5 Å². The van der Waals surface area contributed by atoms with Crippen molar-refractivity contribution in [1.29, 1.82) is 0 Å². The maximum Gasteiger partial charge on any atom is 0.193 e. The smallest absolute Gasteiger partial charge is 0.193 e. The summed E-state index contributed by atoms with van der Waals surface area (Å²) < 4.78 is 0. The summed E-state index contributed by atoms with van der Waals surface area (Å²) in [6.07, 6.45) is 11.1. The predicted molar refractivity (Wildman–Crippen MR) is 122 cm³/mol. The molecule has 6 heteroatoms. The molecule has 0 radical (unpaired) electrons. The monoisotopic (exact) mass is 477 g/mol. The van der Waals surface area contributed by atoms with Gasteiger partial charge in [-0.15, -0.1) is 24.0 Å². The standard InChI is InChI=1S/C20H39N5.HI/c1-21-20(22-11-15-23(2)19-8-4-5-9-19)25-14-10-18(17-25)16-24-12-6-3-7-13-24;/h18-19H,3-17H2,1-2H3,(H,21,22);1H. The number of hydrogen-bond donors (Lipinski definition) is 1. The minimum Gasteiger partial charge on any atom is -0.355 e. The quantitative estimate of drug-likeness (QED) is 0.363. The molecule has 5 nitrogen and oxygen atoms in total. The van der Waals surface area contributed by atoms with Crippen molar-refractivity contribution < 1.29 is 0 Å². The highest BCUT2D eigenvalue weighted by Gasteiger charge is 2.27. The van der Waals surface area contributed by atoms with Gasteiger partial charge in [-0.1, -0.05) is 19.3 Å². The van der Waals surface area contributed by atoms with Crippen molar-refractivity contribution in [2.75, 3.05) is 59.9 Å². The molecule has 26 heavy (non-hydrogen) atoms. The molecule has 152 valence electrons. The molecule has 3 fully saturated rings. The van der Waals surface area contributed by atoms with Crippen molar-refractivity contribution in [1.82, 2.24) is 20.0 Å². The van der Waals surface area contributed by atoms with E-state index in [1.54, 1.807) is 0 Å². The van der Waals surface area contributed by atoms with Crippen LogP contribution in [0.1, 0.15) is 51.4 Å². The van der Waals surface area contributed by atoms with Crippen LogP contribution < -0.4 is 5.32 Å². The molecule has 1 aliphatic carbocycles. The molecular weight excluding hydrogens is 437 g/mol. The van der Waals surface area contributed by atoms with E-state index in [1.807, 2.05) is 7.05 Å². The zero-order chi connectivity index (χ0) is 17.5. The van der Waals surface area contributed by atoms with Crippen LogP contribution in [0.3, 0.4) is 0 Å². The van der Waals surface area contributed by atoms with Gasteiger partial charge < -0.3 is 20.0 Å². The number of likely N-dealkylation sites (N-methyl/N-ethyl adjacent to an activating group) is 1. The van der Waals surface area contributed by atoms with E-state index in [9.17, 15) is 0 Å². The topological polar surface area (TPSA) is 34.1 Å². The molecule has 3 rings (SSSR count). The van der Waals surface area contributed by atoms with Crippen molar-refractivity contribution in [3.63, 3.8) is 0 Å². The van der Waals surface area contributed by atoms with Crippen molar-refractivity contribution in [3.8, 4) is 0 Å². The number of rotatable bonds is 6. The maximum absolute atomic E-state index is 4.55. The zero-order valence-electron chi connectivity index (χ0n) is 17.0. The molecule has 0 spiro atoms. The first-order valence-corrected chi connectivity index (χ1v) is 10.6. The fourth-order valence-electron chi connectivity index (χ4n) is 4.89. The van der Waals surface area contributed by atoms with Crippen molar-refractivity contribution >= 4 is 29.9 Å². The number of guanidine groups is 1. The van der Waals surface area contributed by atoms with Crippen LogP contribution in [0.15, 0.2) is 4.99 Å². The molecule has 1 N–H and O–H groups in total. The van der Waals surface area contributed by atoms with Gasteiger partial charge in [-0.2, -0.15) is 0 Å². The van der Waals surface area contributed by atoms with Crippen molar-refractivity contribution in [2.45, 2.75) is 57.4 Å². The summed E-state index contributed by atoms with van der Waals surface area (Å²) in [6, 6.07) is 0.810. The van der Waals surface area contributed by atoms with Crippen LogP contribution in [0.4, 0.5) is 0 Å². The van der Waals surface area contributed by atoms with Gasteiger partial charge in [-0.3, -0.25) is 4.99 Å². The molecular formula is C20H40IN5. The number of piperidine rings is 1. The third-order valence-electron chi connectivity index (χ3n) is 6.46. The van der Waals surface area contributed by atoms with Gasteiger partial charge in [0.2, 0.25) is 0 Å². The van der Waals surface area contributed by atoms with Gasteiger partial charge in [0.15, 0.2) is 5.96 Å². The minimum absolute atomic E-state index is 0. The van der Waals surface area contributed by atoms with E-state index in [0.29, 0.717) is 0 Å². The highest BCUT2D eigenvalue weighted by Crippen LogP contribution is 2.22. The highest BCUT2D eigenvalue weighted by molar-refractivity contribution is 14.0. The first kappa shape index (κ1) is 22.2. The van der Waals surface area contributed by atoms with Crippen LogP contribution in [0.2, 0.25) is 0 Å². The summed E-state index contributed by atoms with van der Waals surface area (Å²) in [6.45, 7) is 8.39. The Balaban J connectivity index is 0.00000243. The summed E-state index contributed by atoms with van der Waals surface area (Å²) in [4.78, 5) is 12.2. The Morgan fingerprint density at radius 1 is 1.04 bits per heavy atom. The van der Waals surface area contributed by atoms with E-state index in [-0.39, 0.29) is 24.0 Å². The van der Waals surface area contributed by atoms with Crippen molar-refractivity contribution in [2.24, 2.45) is 10.9 Å². The second-order valence-electron chi connectivity index (χ2n) is 8.35. The van der Waals surface area contributed by atoms with Gasteiger partial charge in [0.05, 0.1) is 0 Å². The summed E-state index contributed by atoms with van der Waals surface area (Å²) in [5, 5.41) is 3.61. The molecule has 0 aromatic heterocycles. The van der Waals surface area contributed by atoms with Gasteiger partial charge in [-0.05, 0) is 58.2 Å². The lowest BCUT2D eigenvalue weighted by atomic mass is 10.1. The first-order chi connectivity index (χ1) is 12.3. The van der Waals surface area contributed by atoms with Crippen LogP contribution in [0.25, 0.3) is 0 Å². The van der Waals surface area contributed by atoms with Gasteiger partial charge >= 0.3 is 0 Å². The summed E-state index contributed by atoms with van der Waals surface area (Å²) in [5.41, 5.74) is 0. The van der Waals surface area contributed by atoms with Gasteiger partial charge in [0, 0.05) is 45.8 Å². The third-order valence-corrected chi connectivity index (χ3v) is 6.46. The second-order valence-corrected chi connectivity index (χ2v) is 8.35. The fraction of sp³-hybridized carbons (Fsp3) is 0.950. The molecule has 0 aromatic rings. The Morgan fingerprint density at radius 2 is 1.77 bits per heavy atom. The summed E-state index contributed by atoms with van der Waals surface area (Å²) >= 11 is 0. The maximum atomic E-state index is 4.55. The van der Waals surface area contributed by atoms with Crippen LogP contribution >= 0.6 is 24.0 Å². The number of nitrogens with one attached hydrogen (secondary N) is 1. The predicted octanol–water partition coefficient (Wildman–Crippen LogP) is 2.86. The molecule has 0 bridgehead atoms. The lowest BCUT2D eigenvalue weighted by molar-refractivity contribution is 0.198. The Kier molecular flexibility index (Phi) is 9.99. The Morgan fingerprint density at radius 3 is 2.46 bits per heavy atom. The lowest BCUT2D eigenvalue weighted by Gasteiger charge is -2.29. The van der Waals surface area contributed by atoms with Crippen LogP contribution in [0, 0.1) is 5.92 Å². The van der Waals surface area contributed by atoms with Gasteiger partial charge in [0.1, 0.15) is 0 Å². The largest absolute Gasteiger partial charge is 0.355 e. The first-order valence-electron chi connectivity index (χ1n) is 10.6. The zero-order valence-corrected chi connectivity index (χ0v) is 19.3. The molecule has 2 aliphatic heterocycles. The van der Waals surface area contributed by atoms with Crippen LogP contribution in [-0.4, -0.2) is 86.6 Å². The molecule has 1 atom stereocenters. The van der Waals surface area contributed by atoms with E-state index < -0.39 is 0 Å². The second kappa shape index (κ2) is 11.7. The fourth-order valence-corrected chi connectivity index (χ4v) is 4.89. The number of halogens is 1. The minimum atomic E-state index is 0. The van der Waals surface area contributed by atoms with E-state index >= 15 is 0 Å². The van der Waals surface area contributed by atoms with E-state index in [4.69, 9.17) is 0 Å². The number of nitrogens with zero attached hydrogens (tertiary/aromatic N) is 4. The molecule has 0 amide bonds. The van der Waals surface area contributed by atoms with E-state index in [0.717, 1.165) is 37.6 Å². The number of likely N-dealkylation sites (tertiary alicyclic amines) is 2. The Hall–Kier alpha value is -0.0800. The van der Waals surface area contributed by atoms with Crippen molar-refractivity contribution in [3.05, 3.63) is 0 Å².